The maximum Gasteiger partial charge on any atom is 0.335 e. The molecule has 0 atom stereocenters. The minimum atomic E-state index is 0.316. The zero-order valence-corrected chi connectivity index (χ0v) is 6.71. The molecule has 1 rings (SSSR count). The highest BCUT2D eigenvalue weighted by molar-refractivity contribution is 6.32. The van der Waals surface area contributed by atoms with Gasteiger partial charge in [0.15, 0.2) is 7.11 Å². The molecule has 0 heterocycles. The summed E-state index contributed by atoms with van der Waals surface area (Å²) < 4.78 is 0. The lowest BCUT2D eigenvalue weighted by Crippen LogP contribution is -1.97. The number of benzene rings is 1. The van der Waals surface area contributed by atoms with E-state index in [0.717, 1.165) is 0 Å². The van der Waals surface area contributed by atoms with Gasteiger partial charge < -0.3 is 0 Å². The molecule has 1 aromatic rings. The van der Waals surface area contributed by atoms with Gasteiger partial charge in [-0.2, -0.15) is 0 Å². The van der Waals surface area contributed by atoms with Gasteiger partial charge in [0.2, 0.25) is 0 Å². The van der Waals surface area contributed by atoms with Crippen LogP contribution in [0.15, 0.2) is 24.3 Å². The van der Waals surface area contributed by atoms with Crippen LogP contribution in [0.1, 0.15) is 0 Å². The van der Waals surface area contributed by atoms with Crippen molar-refractivity contribution in [3.8, 4) is 0 Å². The molecular weight excluding hydrogens is 166 g/mol. The van der Waals surface area contributed by atoms with E-state index in [1.54, 1.807) is 24.3 Å². The van der Waals surface area contributed by atoms with E-state index in [1.165, 1.54) is 7.11 Å². The number of para-hydroxylation sites is 1. The van der Waals surface area contributed by atoms with Crippen LogP contribution >= 0.6 is 11.6 Å². The Bertz CT molecular complexity index is 275. The summed E-state index contributed by atoms with van der Waals surface area (Å²) in [4.78, 5) is 15.6. The van der Waals surface area contributed by atoms with Crippen LogP contribution in [0.3, 0.4) is 0 Å². The van der Waals surface area contributed by atoms with Crippen molar-refractivity contribution in [1.29, 1.82) is 0 Å². The van der Waals surface area contributed by atoms with Crippen LogP contribution < -0.4 is 0 Å². The van der Waals surface area contributed by atoms with E-state index in [9.17, 15) is 4.91 Å². The molecular formula is C7H7ClNO2+. The Kier molecular flexibility index (Phi) is 2.44. The molecule has 0 aliphatic rings. The molecule has 0 spiro atoms. The van der Waals surface area contributed by atoms with Gasteiger partial charge in [-0.3, -0.25) is 0 Å². The molecule has 0 radical (unpaired) electrons. The van der Waals surface area contributed by atoms with Crippen LogP contribution in [0.5, 0.6) is 0 Å². The normalized spacial score (nSPS) is 9.27. The summed E-state index contributed by atoms with van der Waals surface area (Å²) in [5, 5.41) is 0.379. The molecule has 4 heteroatoms. The lowest BCUT2D eigenvalue weighted by atomic mass is 10.3. The van der Waals surface area contributed by atoms with Crippen molar-refractivity contribution in [3.05, 3.63) is 34.2 Å². The molecule has 0 aliphatic carbocycles. The van der Waals surface area contributed by atoms with Crippen molar-refractivity contribution in [2.45, 2.75) is 0 Å². The van der Waals surface area contributed by atoms with Gasteiger partial charge in [0.25, 0.3) is 4.92 Å². The van der Waals surface area contributed by atoms with E-state index in [0.29, 0.717) is 15.6 Å². The second kappa shape index (κ2) is 3.34. The monoisotopic (exact) mass is 172 g/mol. The first kappa shape index (κ1) is 8.01. The Morgan fingerprint density at radius 2 is 2.09 bits per heavy atom. The number of halogens is 1. The van der Waals surface area contributed by atoms with Crippen LogP contribution in [0.4, 0.5) is 5.69 Å². The second-order valence-electron chi connectivity index (χ2n) is 1.89. The van der Waals surface area contributed by atoms with Crippen molar-refractivity contribution in [2.75, 3.05) is 7.11 Å². The summed E-state index contributed by atoms with van der Waals surface area (Å²) >= 11 is 5.68. The molecule has 0 unspecified atom stereocenters. The molecule has 0 fully saturated rings. The fraction of sp³-hybridized carbons (Fsp3) is 0.143. The molecule has 0 bridgehead atoms. The highest BCUT2D eigenvalue weighted by Gasteiger charge is 2.17. The van der Waals surface area contributed by atoms with Crippen molar-refractivity contribution < 1.29 is 9.76 Å². The molecule has 0 N–H and O–H groups in total. The third kappa shape index (κ3) is 1.68. The predicted octanol–water partition coefficient (Wildman–Crippen LogP) is 2.31. The average Bonchev–Trinajstić information content (AvgIpc) is 2.04. The van der Waals surface area contributed by atoms with Crippen molar-refractivity contribution >= 4 is 17.3 Å². The van der Waals surface area contributed by atoms with Crippen molar-refractivity contribution in [1.82, 2.24) is 0 Å². The van der Waals surface area contributed by atoms with Crippen LogP contribution in [-0.2, 0) is 4.84 Å². The van der Waals surface area contributed by atoms with Gasteiger partial charge >= 0.3 is 5.69 Å². The average molecular weight is 173 g/mol. The van der Waals surface area contributed by atoms with Gasteiger partial charge in [-0.25, -0.2) is 4.84 Å². The highest BCUT2D eigenvalue weighted by atomic mass is 35.5. The summed E-state index contributed by atoms with van der Waals surface area (Å²) in [6, 6.07) is 6.67. The molecule has 1 aromatic carbocycles. The Morgan fingerprint density at radius 3 is 2.64 bits per heavy atom. The van der Waals surface area contributed by atoms with Gasteiger partial charge in [0.1, 0.15) is 5.02 Å². The molecule has 0 saturated heterocycles. The smallest absolute Gasteiger partial charge is 0.230 e. The Labute approximate surface area is 69.1 Å². The lowest BCUT2D eigenvalue weighted by molar-refractivity contribution is -0.736. The molecule has 0 amide bonds. The molecule has 0 aromatic heterocycles. The zero-order chi connectivity index (χ0) is 8.27. The topological polar surface area (TPSA) is 29.3 Å². The third-order valence-corrected chi connectivity index (χ3v) is 1.53. The van der Waals surface area contributed by atoms with Crippen LogP contribution in [0.2, 0.25) is 5.02 Å². The van der Waals surface area contributed by atoms with Gasteiger partial charge in [-0.15, -0.1) is 0 Å². The third-order valence-electron chi connectivity index (χ3n) is 1.21. The first-order valence-corrected chi connectivity index (χ1v) is 3.39. The maximum atomic E-state index is 10.8. The van der Waals surface area contributed by atoms with E-state index in [2.05, 4.69) is 4.84 Å². The summed E-state index contributed by atoms with van der Waals surface area (Å²) in [6.07, 6.45) is 0. The molecule has 58 valence electrons. The van der Waals surface area contributed by atoms with E-state index in [4.69, 9.17) is 11.6 Å². The van der Waals surface area contributed by atoms with Gasteiger partial charge in [-0.1, -0.05) is 23.7 Å². The van der Waals surface area contributed by atoms with Gasteiger partial charge in [0.05, 0.1) is 4.91 Å². The summed E-state index contributed by atoms with van der Waals surface area (Å²) in [5.41, 5.74) is 0.316. The quantitative estimate of drug-likeness (QED) is 0.641. The Hall–Kier alpha value is -1.09. The fourth-order valence-electron chi connectivity index (χ4n) is 0.698. The number of hydrogen-bond donors (Lipinski definition) is 0. The Morgan fingerprint density at radius 1 is 1.45 bits per heavy atom. The minimum absolute atomic E-state index is 0.316. The van der Waals surface area contributed by atoms with Gasteiger partial charge in [0, 0.05) is 6.07 Å². The zero-order valence-electron chi connectivity index (χ0n) is 5.95. The summed E-state index contributed by atoms with van der Waals surface area (Å²) in [6.45, 7) is 0. The largest absolute Gasteiger partial charge is 0.335 e. The van der Waals surface area contributed by atoms with E-state index >= 15 is 0 Å². The first-order chi connectivity index (χ1) is 5.25. The number of hydrogen-bond acceptors (Lipinski definition) is 2. The SMILES string of the molecule is CO[N+](=O)c1ccccc1Cl. The van der Waals surface area contributed by atoms with Crippen LogP contribution in [0, 0.1) is 4.91 Å². The second-order valence-corrected chi connectivity index (χ2v) is 2.30. The van der Waals surface area contributed by atoms with E-state index < -0.39 is 0 Å². The molecule has 0 saturated carbocycles. The first-order valence-electron chi connectivity index (χ1n) is 3.01. The standard InChI is InChI=1S/C7H7ClNO2/c1-11-9(10)7-5-3-2-4-6(7)8/h2-5H,1H3/q+1. The summed E-state index contributed by atoms with van der Waals surface area (Å²) in [7, 11) is 1.29. The fourth-order valence-corrected chi connectivity index (χ4v) is 0.903. The molecule has 11 heavy (non-hydrogen) atoms. The lowest BCUT2D eigenvalue weighted by Gasteiger charge is -1.89. The highest BCUT2D eigenvalue weighted by Crippen LogP contribution is 2.22. The maximum absolute atomic E-state index is 10.8. The summed E-state index contributed by atoms with van der Waals surface area (Å²) in [5.74, 6) is 0. The van der Waals surface area contributed by atoms with E-state index in [1.807, 2.05) is 0 Å². The Balaban J connectivity index is 3.03. The molecule has 3 nitrogen and oxygen atoms in total. The number of rotatable bonds is 2. The number of nitrogens with zero attached hydrogens (tertiary/aromatic N) is 1. The predicted molar refractivity (Wildman–Crippen MR) is 41.7 cm³/mol. The van der Waals surface area contributed by atoms with Crippen molar-refractivity contribution in [2.24, 2.45) is 0 Å². The van der Waals surface area contributed by atoms with E-state index in [-0.39, 0.29) is 0 Å². The van der Waals surface area contributed by atoms with Crippen molar-refractivity contribution in [3.63, 3.8) is 0 Å². The van der Waals surface area contributed by atoms with Gasteiger partial charge in [-0.05, 0) is 6.07 Å². The van der Waals surface area contributed by atoms with Crippen LogP contribution in [0.25, 0.3) is 0 Å². The molecule has 0 aliphatic heterocycles. The van der Waals surface area contributed by atoms with Crippen LogP contribution in [-0.4, -0.2) is 12.0 Å². The minimum Gasteiger partial charge on any atom is -0.230 e.